The van der Waals surface area contributed by atoms with E-state index in [1.54, 1.807) is 28.6 Å². The molecule has 2 fully saturated rings. The monoisotopic (exact) mass is 310 g/mol. The van der Waals surface area contributed by atoms with Crippen molar-refractivity contribution in [2.45, 2.75) is 11.3 Å². The third-order valence-electron chi connectivity index (χ3n) is 4.25. The van der Waals surface area contributed by atoms with Crippen LogP contribution in [-0.2, 0) is 14.8 Å². The second-order valence-corrected chi connectivity index (χ2v) is 7.69. The molecular formula is C15H22N2O3S. The van der Waals surface area contributed by atoms with Crippen LogP contribution in [0.25, 0.3) is 0 Å². The highest BCUT2D eigenvalue weighted by atomic mass is 32.2. The molecule has 1 aromatic carbocycles. The van der Waals surface area contributed by atoms with Crippen LogP contribution < -0.4 is 0 Å². The van der Waals surface area contributed by atoms with Crippen molar-refractivity contribution in [3.8, 4) is 0 Å². The van der Waals surface area contributed by atoms with Crippen LogP contribution >= 0.6 is 0 Å². The van der Waals surface area contributed by atoms with Gasteiger partial charge in [0.1, 0.15) is 0 Å². The predicted molar refractivity (Wildman–Crippen MR) is 80.6 cm³/mol. The Labute approximate surface area is 126 Å². The second kappa shape index (κ2) is 6.44. The van der Waals surface area contributed by atoms with Gasteiger partial charge in [0.25, 0.3) is 0 Å². The van der Waals surface area contributed by atoms with Gasteiger partial charge in [0, 0.05) is 39.3 Å². The summed E-state index contributed by atoms with van der Waals surface area (Å²) in [6, 6.07) is 8.70. The van der Waals surface area contributed by atoms with E-state index in [9.17, 15) is 8.42 Å². The minimum Gasteiger partial charge on any atom is -0.381 e. The Morgan fingerprint density at radius 1 is 1.10 bits per heavy atom. The summed E-state index contributed by atoms with van der Waals surface area (Å²) in [5.74, 6) is 0.613. The van der Waals surface area contributed by atoms with Gasteiger partial charge in [-0.15, -0.1) is 0 Å². The number of ether oxygens (including phenoxy) is 1. The van der Waals surface area contributed by atoms with Gasteiger partial charge in [-0.2, -0.15) is 4.31 Å². The second-order valence-electron chi connectivity index (χ2n) is 5.75. The van der Waals surface area contributed by atoms with Crippen molar-refractivity contribution in [3.63, 3.8) is 0 Å². The van der Waals surface area contributed by atoms with E-state index in [-0.39, 0.29) is 0 Å². The third kappa shape index (κ3) is 3.45. The molecule has 0 aromatic heterocycles. The van der Waals surface area contributed by atoms with Crippen LogP contribution in [0.5, 0.6) is 0 Å². The van der Waals surface area contributed by atoms with E-state index in [1.807, 2.05) is 6.07 Å². The Balaban J connectivity index is 1.58. The molecule has 116 valence electrons. The molecule has 0 amide bonds. The first kappa shape index (κ1) is 15.0. The number of rotatable bonds is 4. The Kier molecular flexibility index (Phi) is 4.59. The van der Waals surface area contributed by atoms with Crippen molar-refractivity contribution in [3.05, 3.63) is 30.3 Å². The van der Waals surface area contributed by atoms with Gasteiger partial charge in [0.05, 0.1) is 11.5 Å². The van der Waals surface area contributed by atoms with Gasteiger partial charge >= 0.3 is 0 Å². The molecule has 0 unspecified atom stereocenters. The molecule has 2 saturated heterocycles. The fraction of sp³-hybridized carbons (Fsp3) is 0.600. The van der Waals surface area contributed by atoms with Gasteiger partial charge in [0.2, 0.25) is 10.0 Å². The van der Waals surface area contributed by atoms with Crippen LogP contribution in [0, 0.1) is 5.92 Å². The van der Waals surface area contributed by atoms with Crippen LogP contribution in [0.2, 0.25) is 0 Å². The average molecular weight is 310 g/mol. The van der Waals surface area contributed by atoms with Gasteiger partial charge in [-0.05, 0) is 24.5 Å². The lowest BCUT2D eigenvalue weighted by atomic mass is 10.1. The molecule has 6 heteroatoms. The lowest BCUT2D eigenvalue weighted by Crippen LogP contribution is -2.49. The van der Waals surface area contributed by atoms with Crippen molar-refractivity contribution in [1.29, 1.82) is 0 Å². The summed E-state index contributed by atoms with van der Waals surface area (Å²) < 4.78 is 32.1. The van der Waals surface area contributed by atoms with E-state index >= 15 is 0 Å². The maximum atomic E-state index is 12.5. The van der Waals surface area contributed by atoms with Crippen molar-refractivity contribution in [1.82, 2.24) is 9.21 Å². The molecule has 1 atom stereocenters. The van der Waals surface area contributed by atoms with E-state index in [0.717, 1.165) is 39.3 Å². The van der Waals surface area contributed by atoms with Crippen LogP contribution in [0.4, 0.5) is 0 Å². The van der Waals surface area contributed by atoms with E-state index in [4.69, 9.17) is 4.74 Å². The van der Waals surface area contributed by atoms with E-state index in [1.165, 1.54) is 0 Å². The van der Waals surface area contributed by atoms with Crippen molar-refractivity contribution >= 4 is 10.0 Å². The lowest BCUT2D eigenvalue weighted by molar-refractivity contribution is 0.143. The predicted octanol–water partition coefficient (Wildman–Crippen LogP) is 1.03. The maximum Gasteiger partial charge on any atom is 0.243 e. The number of sulfonamides is 1. The van der Waals surface area contributed by atoms with E-state index in [2.05, 4.69) is 4.90 Å². The molecule has 0 spiro atoms. The van der Waals surface area contributed by atoms with Crippen LogP contribution in [0.15, 0.2) is 35.2 Å². The first-order valence-electron chi connectivity index (χ1n) is 7.51. The quantitative estimate of drug-likeness (QED) is 0.833. The minimum atomic E-state index is -3.33. The van der Waals surface area contributed by atoms with Gasteiger partial charge in [0.15, 0.2) is 0 Å². The van der Waals surface area contributed by atoms with Gasteiger partial charge < -0.3 is 9.64 Å². The van der Waals surface area contributed by atoms with Gasteiger partial charge in [-0.1, -0.05) is 18.2 Å². The summed E-state index contributed by atoms with van der Waals surface area (Å²) >= 11 is 0. The Hall–Kier alpha value is -0.950. The Morgan fingerprint density at radius 3 is 2.43 bits per heavy atom. The van der Waals surface area contributed by atoms with Gasteiger partial charge in [-0.25, -0.2) is 8.42 Å². The van der Waals surface area contributed by atoms with Crippen molar-refractivity contribution < 1.29 is 13.2 Å². The SMILES string of the molecule is O=S(=O)(c1ccccc1)N1CCN(C[C@@H]2CCOC2)CC1. The molecule has 2 aliphatic rings. The van der Waals surface area contributed by atoms with Crippen LogP contribution in [0.3, 0.4) is 0 Å². The van der Waals surface area contributed by atoms with Gasteiger partial charge in [-0.3, -0.25) is 0 Å². The summed E-state index contributed by atoms with van der Waals surface area (Å²) in [7, 11) is -3.33. The zero-order chi connectivity index (χ0) is 14.7. The molecule has 21 heavy (non-hydrogen) atoms. The number of benzene rings is 1. The highest BCUT2D eigenvalue weighted by Gasteiger charge is 2.29. The Morgan fingerprint density at radius 2 is 1.81 bits per heavy atom. The molecule has 5 nitrogen and oxygen atoms in total. The highest BCUT2D eigenvalue weighted by molar-refractivity contribution is 7.89. The van der Waals surface area contributed by atoms with Crippen LogP contribution in [-0.4, -0.2) is 63.6 Å². The molecule has 3 rings (SSSR count). The molecular weight excluding hydrogens is 288 g/mol. The topological polar surface area (TPSA) is 49.9 Å². The third-order valence-corrected chi connectivity index (χ3v) is 6.17. The zero-order valence-corrected chi connectivity index (χ0v) is 13.0. The number of hydrogen-bond acceptors (Lipinski definition) is 4. The molecule has 0 bridgehead atoms. The first-order chi connectivity index (χ1) is 10.2. The summed E-state index contributed by atoms with van der Waals surface area (Å²) in [6.45, 7) is 5.51. The normalized spacial score (nSPS) is 25.2. The fourth-order valence-electron chi connectivity index (χ4n) is 2.99. The number of piperazine rings is 1. The molecule has 0 radical (unpaired) electrons. The van der Waals surface area contributed by atoms with Crippen molar-refractivity contribution in [2.75, 3.05) is 45.9 Å². The van der Waals surface area contributed by atoms with Crippen LogP contribution in [0.1, 0.15) is 6.42 Å². The molecule has 0 saturated carbocycles. The first-order valence-corrected chi connectivity index (χ1v) is 8.95. The molecule has 0 aliphatic carbocycles. The summed E-state index contributed by atoms with van der Waals surface area (Å²) in [5, 5.41) is 0. The van der Waals surface area contributed by atoms with Crippen molar-refractivity contribution in [2.24, 2.45) is 5.92 Å². The minimum absolute atomic E-state index is 0.391. The fourth-order valence-corrected chi connectivity index (χ4v) is 4.43. The molecule has 1 aromatic rings. The largest absolute Gasteiger partial charge is 0.381 e. The maximum absolute atomic E-state index is 12.5. The summed E-state index contributed by atoms with van der Waals surface area (Å²) in [4.78, 5) is 2.75. The zero-order valence-electron chi connectivity index (χ0n) is 12.1. The number of nitrogens with zero attached hydrogens (tertiary/aromatic N) is 2. The molecule has 0 N–H and O–H groups in total. The molecule has 2 heterocycles. The standard InChI is InChI=1S/C15H22N2O3S/c18-21(19,15-4-2-1-3-5-15)17-9-7-16(8-10-17)12-14-6-11-20-13-14/h1-5,14H,6-13H2/t14-/m0/s1. The summed E-state index contributed by atoms with van der Waals surface area (Å²) in [5.41, 5.74) is 0. The summed E-state index contributed by atoms with van der Waals surface area (Å²) in [6.07, 6.45) is 1.13. The van der Waals surface area contributed by atoms with E-state index < -0.39 is 10.0 Å². The lowest BCUT2D eigenvalue weighted by Gasteiger charge is -2.35. The van der Waals surface area contributed by atoms with E-state index in [0.29, 0.717) is 23.9 Å². The number of hydrogen-bond donors (Lipinski definition) is 0. The highest BCUT2D eigenvalue weighted by Crippen LogP contribution is 2.19. The Bertz CT molecular complexity index is 548. The molecule has 2 aliphatic heterocycles. The average Bonchev–Trinajstić information content (AvgIpc) is 3.02. The smallest absolute Gasteiger partial charge is 0.243 e.